The molecule has 6 aromatic rings. The molecule has 0 saturated carbocycles. The topological polar surface area (TPSA) is 9.23 Å². The van der Waals surface area contributed by atoms with E-state index >= 15 is 0 Å². The lowest BCUT2D eigenvalue weighted by Crippen LogP contribution is -2.22. The summed E-state index contributed by atoms with van der Waals surface area (Å²) in [5.74, 6) is 0.907. The van der Waals surface area contributed by atoms with E-state index in [0.29, 0.717) is 0 Å². The van der Waals surface area contributed by atoms with Gasteiger partial charge < -0.3 is 4.74 Å². The molecule has 0 aromatic heterocycles. The largest absolute Gasteiger partial charge is 0.496 e. The Kier molecular flexibility index (Phi) is 6.25. The number of ether oxygens (including phenoxy) is 1. The van der Waals surface area contributed by atoms with Crippen LogP contribution in [-0.4, -0.2) is 7.11 Å². The van der Waals surface area contributed by atoms with Gasteiger partial charge in [0.1, 0.15) is 5.75 Å². The molecule has 0 amide bonds. The predicted octanol–water partition coefficient (Wildman–Crippen LogP) is 8.04. The van der Waals surface area contributed by atoms with E-state index in [1.807, 2.05) is 0 Å². The van der Waals surface area contributed by atoms with Gasteiger partial charge in [0, 0.05) is 11.1 Å². The van der Waals surface area contributed by atoms with Gasteiger partial charge in [-0.05, 0) is 65.3 Å². The molecule has 0 atom stereocenters. The van der Waals surface area contributed by atoms with Crippen LogP contribution in [0.3, 0.4) is 0 Å². The van der Waals surface area contributed by atoms with Crippen molar-refractivity contribution in [2.75, 3.05) is 7.11 Å². The second-order valence-electron chi connectivity index (χ2n) is 9.56. The van der Waals surface area contributed by atoms with Gasteiger partial charge in [-0.2, -0.15) is 0 Å². The zero-order chi connectivity index (χ0) is 25.4. The molecular weight excluding hydrogens is 467 g/mol. The van der Waals surface area contributed by atoms with Crippen LogP contribution in [0.15, 0.2) is 121 Å². The molecular formula is C35H29OP. The normalized spacial score (nSPS) is 11.4. The van der Waals surface area contributed by atoms with Gasteiger partial charge in [0.15, 0.2) is 0 Å². The lowest BCUT2D eigenvalue weighted by atomic mass is 9.91. The molecule has 0 bridgehead atoms. The van der Waals surface area contributed by atoms with Gasteiger partial charge in [-0.25, -0.2) is 0 Å². The van der Waals surface area contributed by atoms with E-state index < -0.39 is 7.92 Å². The average Bonchev–Trinajstić information content (AvgIpc) is 2.94. The molecule has 0 unspecified atom stereocenters. The summed E-state index contributed by atoms with van der Waals surface area (Å²) in [4.78, 5) is 0. The summed E-state index contributed by atoms with van der Waals surface area (Å²) in [5, 5.41) is 8.99. The second kappa shape index (κ2) is 9.85. The molecule has 2 heteroatoms. The highest BCUT2D eigenvalue weighted by Gasteiger charge is 2.25. The molecule has 0 aliphatic heterocycles. The number of hydrogen-bond donors (Lipinski definition) is 0. The third kappa shape index (κ3) is 4.31. The van der Waals surface area contributed by atoms with Crippen LogP contribution in [0.1, 0.15) is 11.1 Å². The Hall–Kier alpha value is -3.93. The summed E-state index contributed by atoms with van der Waals surface area (Å²) in [6.45, 7) is 4.34. The first-order valence-electron chi connectivity index (χ1n) is 12.7. The van der Waals surface area contributed by atoms with Crippen molar-refractivity contribution in [2.45, 2.75) is 13.8 Å². The van der Waals surface area contributed by atoms with E-state index in [2.05, 4.69) is 135 Å². The standard InChI is InChI=1S/C35H29OP/c1-24-14-16-26-18-20-32(36-3)34(30(26)22-24)35-31-23-25(2)15-17-27(31)19-21-33(35)37(28-10-6-4-7-11-28)29-12-8-5-9-13-29/h4-23H,1-3H3. The number of aryl methyl sites for hydroxylation is 2. The summed E-state index contributed by atoms with van der Waals surface area (Å²) < 4.78 is 6.08. The molecule has 0 spiro atoms. The van der Waals surface area contributed by atoms with Crippen LogP contribution < -0.4 is 20.7 Å². The van der Waals surface area contributed by atoms with Gasteiger partial charge in [-0.3, -0.25) is 0 Å². The minimum Gasteiger partial charge on any atom is -0.496 e. The first-order valence-corrected chi connectivity index (χ1v) is 14.0. The Balaban J connectivity index is 1.80. The fourth-order valence-electron chi connectivity index (χ4n) is 5.29. The number of hydrogen-bond acceptors (Lipinski definition) is 1. The van der Waals surface area contributed by atoms with E-state index in [1.54, 1.807) is 7.11 Å². The second-order valence-corrected chi connectivity index (χ2v) is 11.7. The molecule has 180 valence electrons. The maximum absolute atomic E-state index is 6.08. The van der Waals surface area contributed by atoms with Gasteiger partial charge >= 0.3 is 0 Å². The van der Waals surface area contributed by atoms with Crippen LogP contribution in [0.4, 0.5) is 0 Å². The summed E-state index contributed by atoms with van der Waals surface area (Å²) >= 11 is 0. The highest BCUT2D eigenvalue weighted by Crippen LogP contribution is 2.45. The van der Waals surface area contributed by atoms with Crippen molar-refractivity contribution in [1.29, 1.82) is 0 Å². The molecule has 6 aromatic carbocycles. The van der Waals surface area contributed by atoms with Crippen molar-refractivity contribution in [3.63, 3.8) is 0 Å². The van der Waals surface area contributed by atoms with E-state index in [4.69, 9.17) is 4.74 Å². The lowest BCUT2D eigenvalue weighted by molar-refractivity contribution is 0.417. The van der Waals surface area contributed by atoms with Crippen molar-refractivity contribution in [3.8, 4) is 16.9 Å². The molecule has 0 saturated heterocycles. The van der Waals surface area contributed by atoms with Gasteiger partial charge in [-0.1, -0.05) is 126 Å². The van der Waals surface area contributed by atoms with Crippen molar-refractivity contribution >= 4 is 45.4 Å². The molecule has 0 heterocycles. The molecule has 37 heavy (non-hydrogen) atoms. The summed E-state index contributed by atoms with van der Waals surface area (Å²) in [5.41, 5.74) is 4.95. The zero-order valence-electron chi connectivity index (χ0n) is 21.4. The minimum atomic E-state index is -0.809. The molecule has 0 radical (unpaired) electrons. The molecule has 0 aliphatic rings. The van der Waals surface area contributed by atoms with Crippen LogP contribution in [-0.2, 0) is 0 Å². The van der Waals surface area contributed by atoms with Crippen molar-refractivity contribution in [3.05, 3.63) is 132 Å². The number of fused-ring (bicyclic) bond motifs is 2. The summed E-state index contributed by atoms with van der Waals surface area (Å²) in [7, 11) is 0.976. The summed E-state index contributed by atoms with van der Waals surface area (Å²) in [6.07, 6.45) is 0. The fraction of sp³-hybridized carbons (Fsp3) is 0.0857. The average molecular weight is 497 g/mol. The van der Waals surface area contributed by atoms with Crippen LogP contribution >= 0.6 is 7.92 Å². The Morgan fingerprint density at radius 2 is 1.00 bits per heavy atom. The van der Waals surface area contributed by atoms with Crippen LogP contribution in [0.2, 0.25) is 0 Å². The first kappa shape index (κ1) is 23.5. The molecule has 0 fully saturated rings. The molecule has 0 N–H and O–H groups in total. The molecule has 1 nitrogen and oxygen atoms in total. The molecule has 6 rings (SSSR count). The van der Waals surface area contributed by atoms with Crippen molar-refractivity contribution < 1.29 is 4.74 Å². The first-order chi connectivity index (χ1) is 18.1. The minimum absolute atomic E-state index is 0.809. The van der Waals surface area contributed by atoms with E-state index in [0.717, 1.165) is 5.75 Å². The Morgan fingerprint density at radius 1 is 0.514 bits per heavy atom. The maximum atomic E-state index is 6.08. The van der Waals surface area contributed by atoms with E-state index in [-0.39, 0.29) is 0 Å². The quantitative estimate of drug-likeness (QED) is 0.220. The van der Waals surface area contributed by atoms with E-state index in [1.165, 1.54) is 59.7 Å². The fourth-order valence-corrected chi connectivity index (χ4v) is 7.77. The number of benzene rings is 6. The number of rotatable bonds is 5. The van der Waals surface area contributed by atoms with Gasteiger partial charge in [0.25, 0.3) is 0 Å². The molecule has 0 aliphatic carbocycles. The third-order valence-corrected chi connectivity index (χ3v) is 9.52. The predicted molar refractivity (Wildman–Crippen MR) is 162 cm³/mol. The monoisotopic (exact) mass is 496 g/mol. The highest BCUT2D eigenvalue weighted by atomic mass is 31.1. The maximum Gasteiger partial charge on any atom is 0.127 e. The third-order valence-electron chi connectivity index (χ3n) is 7.03. The van der Waals surface area contributed by atoms with Gasteiger partial charge in [0.2, 0.25) is 0 Å². The zero-order valence-corrected chi connectivity index (χ0v) is 22.3. The van der Waals surface area contributed by atoms with Gasteiger partial charge in [0.05, 0.1) is 7.11 Å². The van der Waals surface area contributed by atoms with Crippen LogP contribution in [0, 0.1) is 13.8 Å². The smallest absolute Gasteiger partial charge is 0.127 e. The number of methoxy groups -OCH3 is 1. The lowest BCUT2D eigenvalue weighted by Gasteiger charge is -2.25. The highest BCUT2D eigenvalue weighted by molar-refractivity contribution is 7.80. The van der Waals surface area contributed by atoms with Crippen LogP contribution in [0.25, 0.3) is 32.7 Å². The Morgan fingerprint density at radius 3 is 1.54 bits per heavy atom. The SMILES string of the molecule is COc1ccc2ccc(C)cc2c1-c1c(P(c2ccccc2)c2ccccc2)ccc2ccc(C)cc12. The van der Waals surface area contributed by atoms with E-state index in [9.17, 15) is 0 Å². The summed E-state index contributed by atoms with van der Waals surface area (Å²) in [6, 6.07) is 44.3. The Labute approximate surface area is 220 Å². The van der Waals surface area contributed by atoms with Crippen molar-refractivity contribution in [1.82, 2.24) is 0 Å². The van der Waals surface area contributed by atoms with Crippen molar-refractivity contribution in [2.24, 2.45) is 0 Å². The van der Waals surface area contributed by atoms with Gasteiger partial charge in [-0.15, -0.1) is 0 Å². The Bertz CT molecular complexity index is 1680. The van der Waals surface area contributed by atoms with Crippen LogP contribution in [0.5, 0.6) is 5.75 Å².